The maximum Gasteiger partial charge on any atom is 0.352 e. The molecule has 2 heterocycles. The van der Waals surface area contributed by atoms with Crippen LogP contribution in [0.25, 0.3) is 0 Å². The SMILES string of the molecule is Cc1cn(C2CCC(CO)O2)c(=O)n(NC(=O)CCNC(=O)c2ccc(F)c(C#N)c2)c1=O. The molecule has 3 N–H and O–H groups in total. The number of benzene rings is 1. The lowest BCUT2D eigenvalue weighted by Gasteiger charge is -2.18. The molecule has 0 radical (unpaired) electrons. The number of rotatable bonds is 7. The molecule has 0 saturated carbocycles. The zero-order chi connectivity index (χ0) is 24.1. The summed E-state index contributed by atoms with van der Waals surface area (Å²) in [6, 6.07) is 4.92. The first kappa shape index (κ1) is 23.8. The number of aromatic nitrogens is 2. The first-order valence-corrected chi connectivity index (χ1v) is 10.1. The lowest BCUT2D eigenvalue weighted by molar-refractivity contribution is -0.117. The molecule has 174 valence electrons. The van der Waals surface area contributed by atoms with Gasteiger partial charge < -0.3 is 15.2 Å². The van der Waals surface area contributed by atoms with Gasteiger partial charge in [0.1, 0.15) is 18.1 Å². The lowest BCUT2D eigenvalue weighted by Crippen LogP contribution is -2.48. The molecule has 2 atom stereocenters. The summed E-state index contributed by atoms with van der Waals surface area (Å²) in [5.41, 5.74) is 0.677. The van der Waals surface area contributed by atoms with Gasteiger partial charge in [0.2, 0.25) is 5.91 Å². The third-order valence-corrected chi connectivity index (χ3v) is 5.11. The van der Waals surface area contributed by atoms with Crippen LogP contribution < -0.4 is 22.0 Å². The van der Waals surface area contributed by atoms with Crippen LogP contribution in [-0.2, 0) is 9.53 Å². The summed E-state index contributed by atoms with van der Waals surface area (Å²) in [6.45, 7) is 1.16. The number of aliphatic hydroxyl groups excluding tert-OH is 1. The molecule has 1 aromatic heterocycles. The number of carbonyl (C=O) groups excluding carboxylic acids is 2. The topological polar surface area (TPSA) is 155 Å². The molecule has 1 aliphatic heterocycles. The van der Waals surface area contributed by atoms with E-state index in [9.17, 15) is 28.7 Å². The lowest BCUT2D eigenvalue weighted by atomic mass is 10.1. The number of nitrogens with zero attached hydrogens (tertiary/aromatic N) is 3. The van der Waals surface area contributed by atoms with Gasteiger partial charge in [0.05, 0.1) is 18.3 Å². The molecule has 1 aromatic carbocycles. The third-order valence-electron chi connectivity index (χ3n) is 5.11. The van der Waals surface area contributed by atoms with Crippen LogP contribution in [0.4, 0.5) is 4.39 Å². The molecular formula is C21H22FN5O6. The fourth-order valence-corrected chi connectivity index (χ4v) is 3.35. The number of hydrogen-bond donors (Lipinski definition) is 3. The summed E-state index contributed by atoms with van der Waals surface area (Å²) < 4.78 is 20.7. The first-order valence-electron chi connectivity index (χ1n) is 10.1. The molecule has 11 nitrogen and oxygen atoms in total. The minimum absolute atomic E-state index is 0.0453. The van der Waals surface area contributed by atoms with E-state index < -0.39 is 41.2 Å². The minimum Gasteiger partial charge on any atom is -0.394 e. The number of hydrogen-bond acceptors (Lipinski definition) is 7. The fraction of sp³-hybridized carbons (Fsp3) is 0.381. The van der Waals surface area contributed by atoms with Crippen LogP contribution in [-0.4, -0.2) is 45.4 Å². The van der Waals surface area contributed by atoms with Crippen LogP contribution in [0.5, 0.6) is 0 Å². The molecule has 3 rings (SSSR count). The quantitative estimate of drug-likeness (QED) is 0.522. The van der Waals surface area contributed by atoms with E-state index in [2.05, 4.69) is 10.7 Å². The third kappa shape index (κ3) is 5.33. The molecule has 1 fully saturated rings. The van der Waals surface area contributed by atoms with E-state index in [1.807, 2.05) is 0 Å². The van der Waals surface area contributed by atoms with E-state index in [-0.39, 0.29) is 36.3 Å². The predicted molar refractivity (Wildman–Crippen MR) is 112 cm³/mol. The van der Waals surface area contributed by atoms with Gasteiger partial charge in [0.15, 0.2) is 0 Å². The van der Waals surface area contributed by atoms with Crippen LogP contribution in [0.1, 0.15) is 47.0 Å². The molecule has 0 bridgehead atoms. The van der Waals surface area contributed by atoms with Crippen LogP contribution in [0, 0.1) is 24.1 Å². The van der Waals surface area contributed by atoms with Crippen molar-refractivity contribution in [3.8, 4) is 6.07 Å². The van der Waals surface area contributed by atoms with Crippen LogP contribution in [0.2, 0.25) is 0 Å². The van der Waals surface area contributed by atoms with Crippen molar-refractivity contribution in [2.24, 2.45) is 0 Å². The standard InChI is InChI=1S/C21H22FN5O6/c1-12-10-26(18-5-3-15(11-28)33-18)21(32)27(20(12)31)25-17(29)6-7-24-19(30)13-2-4-16(22)14(8-13)9-23/h2,4,8,10,15,18,28H,3,5-7,11H2,1H3,(H,24,30)(H,25,29). The second kappa shape index (κ2) is 10.2. The van der Waals surface area contributed by atoms with Crippen molar-refractivity contribution >= 4 is 11.8 Å². The van der Waals surface area contributed by atoms with Gasteiger partial charge in [-0.1, -0.05) is 0 Å². The summed E-state index contributed by atoms with van der Waals surface area (Å²) in [5, 5.41) is 20.5. The summed E-state index contributed by atoms with van der Waals surface area (Å²) in [6.07, 6.45) is 0.999. The molecule has 2 unspecified atom stereocenters. The van der Waals surface area contributed by atoms with Gasteiger partial charge in [-0.15, -0.1) is 0 Å². The summed E-state index contributed by atoms with van der Waals surface area (Å²) in [4.78, 5) is 49.6. The zero-order valence-corrected chi connectivity index (χ0v) is 17.7. The van der Waals surface area contributed by atoms with E-state index in [1.54, 1.807) is 6.07 Å². The van der Waals surface area contributed by atoms with Crippen LogP contribution in [0.3, 0.4) is 0 Å². The fourth-order valence-electron chi connectivity index (χ4n) is 3.35. The normalized spacial score (nSPS) is 17.4. The van der Waals surface area contributed by atoms with Gasteiger partial charge in [-0.3, -0.25) is 24.4 Å². The van der Waals surface area contributed by atoms with Crippen LogP contribution >= 0.6 is 0 Å². The van der Waals surface area contributed by atoms with Crippen molar-refractivity contribution in [3.63, 3.8) is 0 Å². The van der Waals surface area contributed by atoms with E-state index in [0.717, 1.165) is 12.1 Å². The second-order valence-corrected chi connectivity index (χ2v) is 7.46. The number of halogens is 1. The first-order chi connectivity index (χ1) is 15.7. The Morgan fingerprint density at radius 3 is 2.76 bits per heavy atom. The minimum atomic E-state index is -0.804. The molecule has 0 aliphatic carbocycles. The number of ether oxygens (including phenoxy) is 1. The maximum absolute atomic E-state index is 13.4. The number of aryl methyl sites for hydroxylation is 1. The van der Waals surface area contributed by atoms with Gasteiger partial charge in [0, 0.05) is 30.3 Å². The van der Waals surface area contributed by atoms with Crippen molar-refractivity contribution in [1.82, 2.24) is 14.6 Å². The molecule has 12 heteroatoms. The largest absolute Gasteiger partial charge is 0.394 e. The monoisotopic (exact) mass is 459 g/mol. The Hall–Kier alpha value is -3.82. The van der Waals surface area contributed by atoms with Gasteiger partial charge in [-0.05, 0) is 38.0 Å². The molecular weight excluding hydrogens is 437 g/mol. The smallest absolute Gasteiger partial charge is 0.352 e. The van der Waals surface area contributed by atoms with Crippen molar-refractivity contribution < 1.29 is 23.8 Å². The van der Waals surface area contributed by atoms with Crippen molar-refractivity contribution in [2.75, 3.05) is 18.6 Å². The Kier molecular flexibility index (Phi) is 7.37. The zero-order valence-electron chi connectivity index (χ0n) is 17.7. The van der Waals surface area contributed by atoms with Gasteiger partial charge in [0.25, 0.3) is 11.5 Å². The van der Waals surface area contributed by atoms with Gasteiger partial charge in [-0.2, -0.15) is 9.94 Å². The highest BCUT2D eigenvalue weighted by molar-refractivity contribution is 5.95. The van der Waals surface area contributed by atoms with Gasteiger partial charge >= 0.3 is 5.69 Å². The molecule has 1 saturated heterocycles. The Labute approximate surface area is 187 Å². The number of aliphatic hydroxyl groups is 1. The average Bonchev–Trinajstić information content (AvgIpc) is 3.28. The van der Waals surface area contributed by atoms with Crippen molar-refractivity contribution in [2.45, 2.75) is 38.5 Å². The highest BCUT2D eigenvalue weighted by Crippen LogP contribution is 2.26. The number of nitriles is 1. The van der Waals surface area contributed by atoms with E-state index in [1.165, 1.54) is 23.8 Å². The van der Waals surface area contributed by atoms with E-state index in [0.29, 0.717) is 17.5 Å². The molecule has 2 amide bonds. The summed E-state index contributed by atoms with van der Waals surface area (Å²) in [7, 11) is 0. The second-order valence-electron chi connectivity index (χ2n) is 7.46. The molecule has 2 aromatic rings. The maximum atomic E-state index is 13.4. The highest BCUT2D eigenvalue weighted by Gasteiger charge is 2.28. The number of carbonyl (C=O) groups is 2. The van der Waals surface area contributed by atoms with Crippen molar-refractivity contribution in [1.29, 1.82) is 5.26 Å². The molecule has 0 spiro atoms. The summed E-state index contributed by atoms with van der Waals surface area (Å²) >= 11 is 0. The predicted octanol–water partition coefficient (Wildman–Crippen LogP) is -0.111. The number of nitrogens with one attached hydrogen (secondary N) is 2. The van der Waals surface area contributed by atoms with Crippen molar-refractivity contribution in [3.05, 3.63) is 67.7 Å². The van der Waals surface area contributed by atoms with Crippen LogP contribution in [0.15, 0.2) is 34.0 Å². The summed E-state index contributed by atoms with van der Waals surface area (Å²) in [5.74, 6) is -2.08. The Morgan fingerprint density at radius 2 is 2.09 bits per heavy atom. The average molecular weight is 459 g/mol. The van der Waals surface area contributed by atoms with Gasteiger partial charge in [-0.25, -0.2) is 9.18 Å². The van der Waals surface area contributed by atoms with E-state index >= 15 is 0 Å². The Bertz CT molecular complexity index is 1230. The molecule has 1 aliphatic rings. The highest BCUT2D eigenvalue weighted by atomic mass is 19.1. The Morgan fingerprint density at radius 1 is 1.33 bits per heavy atom. The Balaban J connectivity index is 1.64. The molecule has 33 heavy (non-hydrogen) atoms. The number of amides is 2. The van der Waals surface area contributed by atoms with E-state index in [4.69, 9.17) is 10.00 Å².